The SMILES string of the molecule is CCOC(=O)c1c(-c2ccco2)csc1NC(=O)COC(=O)Cc1c[nH]c2ccccc12. The van der Waals surface area contributed by atoms with Crippen molar-refractivity contribution in [2.75, 3.05) is 18.5 Å². The molecule has 0 unspecified atom stereocenters. The van der Waals surface area contributed by atoms with Crippen LogP contribution >= 0.6 is 11.3 Å². The standard InChI is InChI=1S/C23H20N2O6S/c1-2-29-23(28)21-16(18-8-5-9-30-18)13-32-22(21)25-19(26)12-31-20(27)10-14-11-24-17-7-4-3-6-15(14)17/h3-9,11,13,24H,2,10,12H2,1H3,(H,25,26). The van der Waals surface area contributed by atoms with Gasteiger partial charge in [0.1, 0.15) is 16.3 Å². The second-order valence-corrected chi connectivity index (χ2v) is 7.68. The third-order valence-corrected chi connectivity index (χ3v) is 5.58. The van der Waals surface area contributed by atoms with Crippen LogP contribution in [0.4, 0.5) is 5.00 Å². The molecule has 2 N–H and O–H groups in total. The number of aromatic nitrogens is 1. The molecule has 0 aliphatic rings. The van der Waals surface area contributed by atoms with Gasteiger partial charge < -0.3 is 24.2 Å². The third kappa shape index (κ3) is 4.57. The van der Waals surface area contributed by atoms with E-state index >= 15 is 0 Å². The Morgan fingerprint density at radius 1 is 1.12 bits per heavy atom. The Bertz CT molecular complexity index is 1250. The molecule has 0 fully saturated rings. The summed E-state index contributed by atoms with van der Waals surface area (Å²) in [4.78, 5) is 40.2. The number of rotatable bonds is 8. The number of benzene rings is 1. The van der Waals surface area contributed by atoms with E-state index in [1.165, 1.54) is 6.26 Å². The van der Waals surface area contributed by atoms with Crippen LogP contribution in [0, 0.1) is 0 Å². The van der Waals surface area contributed by atoms with Gasteiger partial charge in [-0.3, -0.25) is 9.59 Å². The van der Waals surface area contributed by atoms with Gasteiger partial charge in [0.2, 0.25) is 0 Å². The number of carbonyl (C=O) groups is 3. The van der Waals surface area contributed by atoms with Crippen molar-refractivity contribution < 1.29 is 28.3 Å². The molecule has 1 amide bonds. The Morgan fingerprint density at radius 2 is 1.97 bits per heavy atom. The number of hydrogen-bond acceptors (Lipinski definition) is 7. The zero-order valence-corrected chi connectivity index (χ0v) is 18.0. The van der Waals surface area contributed by atoms with Crippen LogP contribution in [0.15, 0.2) is 58.7 Å². The lowest BCUT2D eigenvalue weighted by Gasteiger charge is -2.08. The van der Waals surface area contributed by atoms with Crippen molar-refractivity contribution in [3.8, 4) is 11.3 Å². The van der Waals surface area contributed by atoms with E-state index in [4.69, 9.17) is 13.9 Å². The molecule has 8 nitrogen and oxygen atoms in total. The van der Waals surface area contributed by atoms with Gasteiger partial charge >= 0.3 is 11.9 Å². The Kier molecular flexibility index (Phi) is 6.37. The van der Waals surface area contributed by atoms with E-state index in [0.29, 0.717) is 16.3 Å². The molecule has 0 radical (unpaired) electrons. The Labute approximate surface area is 187 Å². The average Bonchev–Trinajstić information content (AvgIpc) is 3.53. The smallest absolute Gasteiger partial charge is 0.341 e. The molecule has 4 rings (SSSR count). The van der Waals surface area contributed by atoms with Gasteiger partial charge in [-0.15, -0.1) is 11.3 Å². The van der Waals surface area contributed by atoms with Crippen molar-refractivity contribution in [3.05, 3.63) is 65.4 Å². The number of ether oxygens (including phenoxy) is 2. The molecule has 9 heteroatoms. The van der Waals surface area contributed by atoms with Crippen LogP contribution in [0.3, 0.4) is 0 Å². The number of H-pyrrole nitrogens is 1. The molecule has 32 heavy (non-hydrogen) atoms. The van der Waals surface area contributed by atoms with Crippen LogP contribution in [0.25, 0.3) is 22.2 Å². The first-order chi connectivity index (χ1) is 15.6. The van der Waals surface area contributed by atoms with Crippen molar-refractivity contribution in [1.82, 2.24) is 4.98 Å². The highest BCUT2D eigenvalue weighted by Crippen LogP contribution is 2.36. The maximum absolute atomic E-state index is 12.5. The van der Waals surface area contributed by atoms with Gasteiger partial charge in [0.15, 0.2) is 6.61 Å². The van der Waals surface area contributed by atoms with Crippen molar-refractivity contribution in [1.29, 1.82) is 0 Å². The first-order valence-electron chi connectivity index (χ1n) is 9.89. The van der Waals surface area contributed by atoms with Gasteiger partial charge in [0.25, 0.3) is 5.91 Å². The Morgan fingerprint density at radius 3 is 2.75 bits per heavy atom. The number of amides is 1. The molecule has 0 spiro atoms. The molecule has 0 saturated carbocycles. The summed E-state index contributed by atoms with van der Waals surface area (Å²) in [6.07, 6.45) is 3.28. The van der Waals surface area contributed by atoms with E-state index in [1.54, 1.807) is 30.6 Å². The average molecular weight is 452 g/mol. The van der Waals surface area contributed by atoms with Gasteiger partial charge in [0, 0.05) is 28.0 Å². The van der Waals surface area contributed by atoms with E-state index in [0.717, 1.165) is 27.8 Å². The molecule has 3 heterocycles. The molecular weight excluding hydrogens is 432 g/mol. The lowest BCUT2D eigenvalue weighted by molar-refractivity contribution is -0.146. The van der Waals surface area contributed by atoms with Crippen LogP contribution in [0.1, 0.15) is 22.8 Å². The van der Waals surface area contributed by atoms with E-state index in [1.807, 2.05) is 24.3 Å². The minimum atomic E-state index is -0.577. The number of fused-ring (bicyclic) bond motifs is 1. The molecule has 3 aromatic heterocycles. The summed E-state index contributed by atoms with van der Waals surface area (Å²) in [7, 11) is 0. The van der Waals surface area contributed by atoms with Crippen molar-refractivity contribution in [2.24, 2.45) is 0 Å². The molecule has 0 aliphatic carbocycles. The predicted octanol–water partition coefficient (Wildman–Crippen LogP) is 4.39. The van der Waals surface area contributed by atoms with Gasteiger partial charge in [-0.05, 0) is 30.7 Å². The normalized spacial score (nSPS) is 10.8. The van der Waals surface area contributed by atoms with E-state index in [9.17, 15) is 14.4 Å². The highest BCUT2D eigenvalue weighted by molar-refractivity contribution is 7.15. The first-order valence-corrected chi connectivity index (χ1v) is 10.8. The largest absolute Gasteiger partial charge is 0.464 e. The molecule has 4 aromatic rings. The molecule has 0 aliphatic heterocycles. The predicted molar refractivity (Wildman–Crippen MR) is 120 cm³/mol. The maximum atomic E-state index is 12.5. The second-order valence-electron chi connectivity index (χ2n) is 6.80. The number of nitrogens with one attached hydrogen (secondary N) is 2. The van der Waals surface area contributed by atoms with Crippen LogP contribution in [0.5, 0.6) is 0 Å². The Balaban J connectivity index is 1.40. The van der Waals surface area contributed by atoms with Crippen LogP contribution in [0.2, 0.25) is 0 Å². The highest BCUT2D eigenvalue weighted by Gasteiger charge is 2.24. The fraction of sp³-hybridized carbons (Fsp3) is 0.174. The minimum Gasteiger partial charge on any atom is -0.464 e. The van der Waals surface area contributed by atoms with Crippen LogP contribution < -0.4 is 5.32 Å². The van der Waals surface area contributed by atoms with E-state index < -0.39 is 24.5 Å². The maximum Gasteiger partial charge on any atom is 0.341 e. The molecular formula is C23H20N2O6S. The molecule has 0 atom stereocenters. The summed E-state index contributed by atoms with van der Waals surface area (Å²) in [5.41, 5.74) is 2.43. The fourth-order valence-corrected chi connectivity index (χ4v) is 4.22. The zero-order chi connectivity index (χ0) is 22.5. The molecule has 164 valence electrons. The number of furan rings is 1. The highest BCUT2D eigenvalue weighted by atomic mass is 32.1. The lowest BCUT2D eigenvalue weighted by Crippen LogP contribution is -2.22. The van der Waals surface area contributed by atoms with Gasteiger partial charge in [-0.1, -0.05) is 18.2 Å². The molecule has 0 bridgehead atoms. The number of aromatic amines is 1. The fourth-order valence-electron chi connectivity index (χ4n) is 3.26. The van der Waals surface area contributed by atoms with Crippen molar-refractivity contribution in [3.63, 3.8) is 0 Å². The molecule has 1 aromatic carbocycles. The minimum absolute atomic E-state index is 0.0347. The van der Waals surface area contributed by atoms with Crippen LogP contribution in [-0.2, 0) is 25.5 Å². The number of anilines is 1. The monoisotopic (exact) mass is 452 g/mol. The number of esters is 2. The lowest BCUT2D eigenvalue weighted by atomic mass is 10.1. The van der Waals surface area contributed by atoms with Crippen molar-refractivity contribution >= 4 is 45.1 Å². The summed E-state index contributed by atoms with van der Waals surface area (Å²) in [5.74, 6) is -1.18. The summed E-state index contributed by atoms with van der Waals surface area (Å²) in [6.45, 7) is 1.41. The van der Waals surface area contributed by atoms with Gasteiger partial charge in [-0.25, -0.2) is 4.79 Å². The van der Waals surface area contributed by atoms with Gasteiger partial charge in [0.05, 0.1) is 19.3 Å². The number of hydrogen-bond donors (Lipinski definition) is 2. The summed E-state index contributed by atoms with van der Waals surface area (Å²) in [6, 6.07) is 11.0. The Hall–Kier alpha value is -3.85. The number of para-hydroxylation sites is 1. The van der Waals surface area contributed by atoms with Gasteiger partial charge in [-0.2, -0.15) is 0 Å². The zero-order valence-electron chi connectivity index (χ0n) is 17.2. The summed E-state index contributed by atoms with van der Waals surface area (Å²) in [5, 5.41) is 5.55. The molecule has 0 saturated heterocycles. The van der Waals surface area contributed by atoms with E-state index in [-0.39, 0.29) is 18.6 Å². The first kappa shape index (κ1) is 21.4. The summed E-state index contributed by atoms with van der Waals surface area (Å²) < 4.78 is 15.6. The van der Waals surface area contributed by atoms with Crippen LogP contribution in [-0.4, -0.2) is 36.0 Å². The second kappa shape index (κ2) is 9.52. The quantitative estimate of drug-likeness (QED) is 0.384. The van der Waals surface area contributed by atoms with E-state index in [2.05, 4.69) is 10.3 Å². The summed E-state index contributed by atoms with van der Waals surface area (Å²) >= 11 is 1.16. The number of thiophene rings is 1. The third-order valence-electron chi connectivity index (χ3n) is 4.68. The van der Waals surface area contributed by atoms with Crippen molar-refractivity contribution in [2.45, 2.75) is 13.3 Å². The topological polar surface area (TPSA) is 111 Å². The number of carbonyl (C=O) groups excluding carboxylic acids is 3.